The van der Waals surface area contributed by atoms with Crippen LogP contribution in [0.2, 0.25) is 0 Å². The number of nitrogens with zero attached hydrogens (tertiary/aromatic N) is 1. The minimum Gasteiger partial charge on any atom is -0.506 e. The van der Waals surface area contributed by atoms with Crippen molar-refractivity contribution in [3.63, 3.8) is 0 Å². The second-order valence-corrected chi connectivity index (χ2v) is 9.64. The van der Waals surface area contributed by atoms with Crippen LogP contribution in [0.5, 0.6) is 17.2 Å². The SMILES string of the molecule is COc1ccc(N(CCc2ccccc2)C[C@H](O)c2ccc(O)c(NS(C)(=O)=O)c2)cc1OC. The summed E-state index contributed by atoms with van der Waals surface area (Å²) in [4.78, 5) is 2.02. The number of rotatable bonds is 11. The van der Waals surface area contributed by atoms with Gasteiger partial charge in [-0.1, -0.05) is 36.4 Å². The van der Waals surface area contributed by atoms with Crippen LogP contribution in [0.1, 0.15) is 17.2 Å². The highest BCUT2D eigenvalue weighted by Crippen LogP contribution is 2.33. The maximum absolute atomic E-state index is 11.6. The number of aliphatic hydroxyl groups is 1. The van der Waals surface area contributed by atoms with Crippen LogP contribution in [0.3, 0.4) is 0 Å². The Bertz CT molecular complexity index is 1200. The van der Waals surface area contributed by atoms with Crippen molar-refractivity contribution in [3.8, 4) is 17.2 Å². The number of sulfonamides is 1. The molecule has 0 saturated carbocycles. The summed E-state index contributed by atoms with van der Waals surface area (Å²) in [6.45, 7) is 0.842. The van der Waals surface area contributed by atoms with Crippen LogP contribution >= 0.6 is 0 Å². The monoisotopic (exact) mass is 486 g/mol. The van der Waals surface area contributed by atoms with Gasteiger partial charge in [0.25, 0.3) is 0 Å². The number of nitrogens with one attached hydrogen (secondary N) is 1. The first kappa shape index (κ1) is 25.2. The van der Waals surface area contributed by atoms with Gasteiger partial charge in [0.15, 0.2) is 11.5 Å². The zero-order valence-electron chi connectivity index (χ0n) is 19.4. The summed E-state index contributed by atoms with van der Waals surface area (Å²) >= 11 is 0. The number of phenolic OH excluding ortho intramolecular Hbond substituents is 1. The van der Waals surface area contributed by atoms with E-state index in [-0.39, 0.29) is 18.0 Å². The first-order valence-corrected chi connectivity index (χ1v) is 12.6. The average Bonchev–Trinajstić information content (AvgIpc) is 2.82. The molecule has 3 aromatic carbocycles. The van der Waals surface area contributed by atoms with Gasteiger partial charge in [-0.3, -0.25) is 4.72 Å². The van der Waals surface area contributed by atoms with Gasteiger partial charge in [-0.25, -0.2) is 8.42 Å². The van der Waals surface area contributed by atoms with Crippen molar-refractivity contribution < 1.29 is 28.1 Å². The lowest BCUT2D eigenvalue weighted by atomic mass is 10.1. The van der Waals surface area contributed by atoms with Crippen molar-refractivity contribution in [2.75, 3.05) is 43.2 Å². The predicted molar refractivity (Wildman–Crippen MR) is 133 cm³/mol. The van der Waals surface area contributed by atoms with Crippen LogP contribution in [0, 0.1) is 0 Å². The molecule has 182 valence electrons. The van der Waals surface area contributed by atoms with Gasteiger partial charge in [0.05, 0.1) is 32.3 Å². The van der Waals surface area contributed by atoms with Crippen LogP contribution in [-0.4, -0.2) is 52.2 Å². The molecule has 0 saturated heterocycles. The van der Waals surface area contributed by atoms with Gasteiger partial charge in [0.2, 0.25) is 10.0 Å². The number of anilines is 2. The van der Waals surface area contributed by atoms with Gasteiger partial charge in [0, 0.05) is 24.8 Å². The first-order valence-electron chi connectivity index (χ1n) is 10.7. The summed E-state index contributed by atoms with van der Waals surface area (Å²) in [5.41, 5.74) is 2.47. The lowest BCUT2D eigenvalue weighted by Gasteiger charge is -2.28. The molecule has 0 unspecified atom stereocenters. The summed E-state index contributed by atoms with van der Waals surface area (Å²) in [5.74, 6) is 0.954. The maximum atomic E-state index is 11.6. The van der Waals surface area contributed by atoms with E-state index in [1.165, 1.54) is 12.1 Å². The average molecular weight is 487 g/mol. The van der Waals surface area contributed by atoms with E-state index in [9.17, 15) is 18.6 Å². The van der Waals surface area contributed by atoms with Gasteiger partial charge in [-0.2, -0.15) is 0 Å². The Labute approximate surface area is 200 Å². The van der Waals surface area contributed by atoms with Crippen LogP contribution in [0.25, 0.3) is 0 Å². The van der Waals surface area contributed by atoms with Gasteiger partial charge in [0.1, 0.15) is 5.75 Å². The van der Waals surface area contributed by atoms with E-state index in [2.05, 4.69) is 4.72 Å². The Hall–Kier alpha value is -3.43. The van der Waals surface area contributed by atoms with Gasteiger partial charge >= 0.3 is 0 Å². The molecule has 3 rings (SSSR count). The Balaban J connectivity index is 1.88. The lowest BCUT2D eigenvalue weighted by molar-refractivity contribution is 0.183. The van der Waals surface area contributed by atoms with E-state index >= 15 is 0 Å². The normalized spacial score (nSPS) is 12.1. The number of aromatic hydroxyl groups is 1. The van der Waals surface area contributed by atoms with Crippen molar-refractivity contribution in [3.05, 3.63) is 77.9 Å². The number of hydrogen-bond acceptors (Lipinski definition) is 7. The van der Waals surface area contributed by atoms with E-state index in [0.717, 1.165) is 23.9 Å². The van der Waals surface area contributed by atoms with E-state index in [1.54, 1.807) is 20.3 Å². The molecule has 0 heterocycles. The van der Waals surface area contributed by atoms with E-state index < -0.39 is 16.1 Å². The highest BCUT2D eigenvalue weighted by atomic mass is 32.2. The van der Waals surface area contributed by atoms with Gasteiger partial charge in [-0.15, -0.1) is 0 Å². The summed E-state index contributed by atoms with van der Waals surface area (Å²) in [7, 11) is -0.452. The summed E-state index contributed by atoms with van der Waals surface area (Å²) in [6, 6.07) is 19.9. The molecule has 1 atom stereocenters. The molecule has 0 aliphatic rings. The van der Waals surface area contributed by atoms with Gasteiger partial charge < -0.3 is 24.6 Å². The number of aliphatic hydroxyl groups excluding tert-OH is 1. The summed E-state index contributed by atoms with van der Waals surface area (Å²) in [5, 5.41) is 21.0. The lowest BCUT2D eigenvalue weighted by Crippen LogP contribution is -2.30. The highest BCUT2D eigenvalue weighted by molar-refractivity contribution is 7.92. The second-order valence-electron chi connectivity index (χ2n) is 7.89. The molecule has 34 heavy (non-hydrogen) atoms. The van der Waals surface area contributed by atoms with Crippen molar-refractivity contribution in [2.24, 2.45) is 0 Å². The van der Waals surface area contributed by atoms with Crippen LogP contribution in [-0.2, 0) is 16.4 Å². The number of benzene rings is 3. The zero-order chi connectivity index (χ0) is 24.7. The Kier molecular flexibility index (Phi) is 8.25. The van der Waals surface area contributed by atoms with Crippen LogP contribution < -0.4 is 19.1 Å². The molecule has 0 aliphatic carbocycles. The molecule has 3 N–H and O–H groups in total. The van der Waals surface area contributed by atoms with Crippen LogP contribution in [0.4, 0.5) is 11.4 Å². The fourth-order valence-electron chi connectivity index (χ4n) is 3.61. The molecule has 8 nitrogen and oxygen atoms in total. The van der Waals surface area contributed by atoms with E-state index in [1.807, 2.05) is 53.4 Å². The van der Waals surface area contributed by atoms with Crippen LogP contribution in [0.15, 0.2) is 66.7 Å². The predicted octanol–water partition coefficient (Wildman–Crippen LogP) is 3.56. The number of methoxy groups -OCH3 is 2. The third-order valence-corrected chi connectivity index (χ3v) is 5.93. The Morgan fingerprint density at radius 1 is 0.971 bits per heavy atom. The fraction of sp³-hybridized carbons (Fsp3) is 0.280. The third kappa shape index (κ3) is 6.79. The molecule has 3 aromatic rings. The topological polar surface area (TPSA) is 108 Å². The van der Waals surface area contributed by atoms with Gasteiger partial charge in [-0.05, 0) is 41.8 Å². The molecular weight excluding hydrogens is 456 g/mol. The summed E-state index contributed by atoms with van der Waals surface area (Å²) in [6.07, 6.45) is 0.792. The first-order chi connectivity index (χ1) is 16.2. The quantitative estimate of drug-likeness (QED) is 0.356. The molecule has 0 fully saturated rings. The number of phenols is 1. The van der Waals surface area contributed by atoms with E-state index in [0.29, 0.717) is 23.6 Å². The van der Waals surface area contributed by atoms with E-state index in [4.69, 9.17) is 9.47 Å². The standard InChI is InChI=1S/C25H30N2O6S/c1-32-24-12-10-20(16-25(24)33-2)27(14-13-18-7-5-4-6-8-18)17-23(29)19-9-11-22(28)21(15-19)26-34(3,30)31/h4-12,15-16,23,26,28-29H,13-14,17H2,1-3H3/t23-/m0/s1. The Morgan fingerprint density at radius 2 is 1.68 bits per heavy atom. The summed E-state index contributed by atoms with van der Waals surface area (Å²) < 4.78 is 36.3. The number of ether oxygens (including phenoxy) is 2. The molecule has 0 aromatic heterocycles. The zero-order valence-corrected chi connectivity index (χ0v) is 20.2. The van der Waals surface area contributed by atoms with Crippen molar-refractivity contribution >= 4 is 21.4 Å². The second kappa shape index (κ2) is 11.1. The van der Waals surface area contributed by atoms with Crippen molar-refractivity contribution in [2.45, 2.75) is 12.5 Å². The number of hydrogen-bond donors (Lipinski definition) is 3. The largest absolute Gasteiger partial charge is 0.506 e. The molecule has 0 aliphatic heterocycles. The minimum atomic E-state index is -3.59. The molecule has 0 amide bonds. The molecule has 0 radical (unpaired) electrons. The molecule has 0 bridgehead atoms. The molecule has 0 spiro atoms. The van der Waals surface area contributed by atoms with Crippen molar-refractivity contribution in [1.29, 1.82) is 0 Å². The molecule has 9 heteroatoms. The fourth-order valence-corrected chi connectivity index (χ4v) is 4.18. The Morgan fingerprint density at radius 3 is 2.32 bits per heavy atom. The maximum Gasteiger partial charge on any atom is 0.229 e. The van der Waals surface area contributed by atoms with Crippen molar-refractivity contribution in [1.82, 2.24) is 0 Å². The molecular formula is C25H30N2O6S. The third-order valence-electron chi connectivity index (χ3n) is 5.34. The highest BCUT2D eigenvalue weighted by Gasteiger charge is 2.18. The minimum absolute atomic E-state index is 0.0148. The smallest absolute Gasteiger partial charge is 0.229 e.